The summed E-state index contributed by atoms with van der Waals surface area (Å²) in [6, 6.07) is 7.77. The summed E-state index contributed by atoms with van der Waals surface area (Å²) in [5.74, 6) is 0.255. The minimum Gasteiger partial charge on any atom is -0.469 e. The van der Waals surface area contributed by atoms with Gasteiger partial charge in [0.15, 0.2) is 0 Å². The number of methoxy groups -OCH3 is 2. The fraction of sp³-hybridized carbons (Fsp3) is 0.356. The van der Waals surface area contributed by atoms with Crippen LogP contribution < -0.4 is 0 Å². The van der Waals surface area contributed by atoms with E-state index >= 15 is 0 Å². The van der Waals surface area contributed by atoms with Gasteiger partial charge in [-0.1, -0.05) is 30.7 Å². The van der Waals surface area contributed by atoms with Crippen LogP contribution in [-0.2, 0) is 45.2 Å². The maximum Gasteiger partial charge on any atom is 0.334 e. The van der Waals surface area contributed by atoms with Crippen LogP contribution in [0.15, 0.2) is 48.6 Å². The van der Waals surface area contributed by atoms with E-state index in [0.717, 1.165) is 55.5 Å². The highest BCUT2D eigenvalue weighted by atomic mass is 16.5. The van der Waals surface area contributed by atoms with Crippen molar-refractivity contribution in [1.29, 1.82) is 0 Å². The predicted molar refractivity (Wildman–Crippen MR) is 220 cm³/mol. The molecule has 0 fully saturated rings. The van der Waals surface area contributed by atoms with Gasteiger partial charge in [0.05, 0.1) is 61.2 Å². The normalized spacial score (nSPS) is 17.0. The molecule has 2 aliphatic heterocycles. The van der Waals surface area contributed by atoms with E-state index in [-0.39, 0.29) is 38.4 Å². The van der Waals surface area contributed by atoms with Crippen LogP contribution in [0.1, 0.15) is 78.1 Å². The fourth-order valence-corrected chi connectivity index (χ4v) is 7.97. The Morgan fingerprint density at radius 3 is 2.29 bits per heavy atom. The fourth-order valence-electron chi connectivity index (χ4n) is 7.97. The Kier molecular flexibility index (Phi) is 12.5. The summed E-state index contributed by atoms with van der Waals surface area (Å²) in [5.41, 5.74) is 10.6. The summed E-state index contributed by atoms with van der Waals surface area (Å²) >= 11 is 0. The number of nitrogens with one attached hydrogen (secondary N) is 2. The van der Waals surface area contributed by atoms with Gasteiger partial charge in [-0.2, -0.15) is 0 Å². The molecule has 0 radical (unpaired) electrons. The molecule has 0 unspecified atom stereocenters. The largest absolute Gasteiger partial charge is 0.469 e. The van der Waals surface area contributed by atoms with Gasteiger partial charge in [-0.15, -0.1) is 0 Å². The molecule has 2 atom stereocenters. The Hall–Kier alpha value is -6.23. The van der Waals surface area contributed by atoms with Gasteiger partial charge in [0.1, 0.15) is 25.2 Å². The van der Waals surface area contributed by atoms with E-state index in [9.17, 15) is 19.5 Å². The lowest BCUT2D eigenvalue weighted by Crippen LogP contribution is -2.42. The first-order chi connectivity index (χ1) is 27.9. The van der Waals surface area contributed by atoms with Gasteiger partial charge in [-0.3, -0.25) is 14.6 Å². The second-order valence-electron chi connectivity index (χ2n) is 14.3. The number of rotatable bonds is 12. The average Bonchev–Trinajstić information content (AvgIpc) is 3.87. The molecule has 0 aromatic carbocycles. The quantitative estimate of drug-likeness (QED) is 0.0734. The summed E-state index contributed by atoms with van der Waals surface area (Å²) in [6.07, 6.45) is 9.24. The molecule has 1 aliphatic carbocycles. The first kappa shape index (κ1) is 41.4. The molecule has 0 saturated heterocycles. The lowest BCUT2D eigenvalue weighted by molar-refractivity contribution is -0.149. The first-order valence-corrected chi connectivity index (χ1v) is 19.0. The summed E-state index contributed by atoms with van der Waals surface area (Å²) in [7, 11) is 2.57. The van der Waals surface area contributed by atoms with Gasteiger partial charge < -0.3 is 39.1 Å². The number of carbonyl (C=O) groups excluding carboxylic acids is 3. The zero-order valence-corrected chi connectivity index (χ0v) is 33.6. The molecule has 6 rings (SSSR count). The molecule has 0 amide bonds. The van der Waals surface area contributed by atoms with Crippen molar-refractivity contribution < 1.29 is 43.5 Å². The molecule has 13 heteroatoms. The lowest BCUT2D eigenvalue weighted by Gasteiger charge is -2.36. The number of hydrogen-bond donors (Lipinski definition) is 4. The number of aryl methyl sites for hydroxylation is 3. The van der Waals surface area contributed by atoms with Crippen molar-refractivity contribution in [3.05, 3.63) is 93.6 Å². The number of aliphatic hydroxyl groups excluding tert-OH is 2. The van der Waals surface area contributed by atoms with Crippen molar-refractivity contribution >= 4 is 62.8 Å². The molecule has 58 heavy (non-hydrogen) atoms. The van der Waals surface area contributed by atoms with Crippen LogP contribution in [0.5, 0.6) is 0 Å². The molecule has 3 aliphatic rings. The Bertz CT molecular complexity index is 2510. The minimum absolute atomic E-state index is 0.0787. The van der Waals surface area contributed by atoms with Gasteiger partial charge in [0.2, 0.25) is 0 Å². The van der Waals surface area contributed by atoms with Gasteiger partial charge in [-0.05, 0) is 98.2 Å². The third-order valence-electron chi connectivity index (χ3n) is 11.1. The van der Waals surface area contributed by atoms with E-state index in [1.54, 1.807) is 12.2 Å². The Morgan fingerprint density at radius 2 is 1.59 bits per heavy atom. The molecule has 8 bridgehead atoms. The maximum absolute atomic E-state index is 13.8. The van der Waals surface area contributed by atoms with Crippen molar-refractivity contribution in [3.63, 3.8) is 0 Å². The van der Waals surface area contributed by atoms with Gasteiger partial charge in [0.25, 0.3) is 0 Å². The number of allylic oxidation sites excluding steroid dienone is 5. The number of ether oxygens (including phenoxy) is 4. The van der Waals surface area contributed by atoms with Crippen LogP contribution in [0, 0.1) is 31.8 Å². The topological polar surface area (TPSA) is 186 Å². The van der Waals surface area contributed by atoms with Crippen molar-refractivity contribution in [3.8, 4) is 12.0 Å². The monoisotopic (exact) mass is 788 g/mol. The van der Waals surface area contributed by atoms with Crippen LogP contribution >= 0.6 is 0 Å². The zero-order valence-electron chi connectivity index (χ0n) is 33.6. The van der Waals surface area contributed by atoms with E-state index < -0.39 is 29.2 Å². The van der Waals surface area contributed by atoms with Crippen LogP contribution in [-0.4, -0.2) is 88.7 Å². The third-order valence-corrected chi connectivity index (χ3v) is 11.1. The summed E-state index contributed by atoms with van der Waals surface area (Å²) in [4.78, 5) is 57.1. The predicted octanol–water partition coefficient (Wildman–Crippen LogP) is 5.97. The molecular weight excluding hydrogens is 741 g/mol. The zero-order chi connectivity index (χ0) is 41.7. The number of carbonyl (C=O) groups is 3. The van der Waals surface area contributed by atoms with Crippen LogP contribution in [0.3, 0.4) is 0 Å². The third kappa shape index (κ3) is 7.73. The van der Waals surface area contributed by atoms with Crippen molar-refractivity contribution in [2.24, 2.45) is 5.92 Å². The Morgan fingerprint density at radius 1 is 0.879 bits per heavy atom. The first-order valence-electron chi connectivity index (χ1n) is 19.0. The van der Waals surface area contributed by atoms with Gasteiger partial charge >= 0.3 is 17.9 Å². The highest BCUT2D eigenvalue weighted by molar-refractivity contribution is 6.02. The molecule has 13 nitrogen and oxygen atoms in total. The number of nitrogens with zero attached hydrogens (tertiary/aromatic N) is 2. The van der Waals surface area contributed by atoms with Crippen molar-refractivity contribution in [1.82, 2.24) is 19.9 Å². The highest BCUT2D eigenvalue weighted by Crippen LogP contribution is 2.52. The Labute approximate surface area is 336 Å². The number of H-pyrrole nitrogens is 2. The summed E-state index contributed by atoms with van der Waals surface area (Å²) < 4.78 is 20.8. The smallest absolute Gasteiger partial charge is 0.334 e. The second-order valence-corrected chi connectivity index (χ2v) is 14.3. The number of hydrogen-bond acceptors (Lipinski definition) is 11. The summed E-state index contributed by atoms with van der Waals surface area (Å²) in [6.45, 7) is 11.6. The lowest BCUT2D eigenvalue weighted by atomic mass is 9.64. The molecule has 5 heterocycles. The molecule has 4 N–H and O–H groups in total. The van der Waals surface area contributed by atoms with E-state index in [1.807, 2.05) is 58.0 Å². The maximum atomic E-state index is 13.8. The van der Waals surface area contributed by atoms with Crippen LogP contribution in [0.25, 0.3) is 44.9 Å². The van der Waals surface area contributed by atoms with Crippen molar-refractivity contribution in [2.45, 2.75) is 58.8 Å². The minimum atomic E-state index is -1.16. The summed E-state index contributed by atoms with van der Waals surface area (Å²) in [5, 5.41) is 18.3. The van der Waals surface area contributed by atoms with E-state index in [4.69, 9.17) is 34.0 Å². The molecular formula is C45H48N4O9. The number of fused-ring (bicyclic) bond motifs is 11. The molecule has 0 saturated carbocycles. The SMILES string of the molecule is C=Cc1c(C)c2cc3nc(cc4[nH]c(cc5nc(cc1[nH]2)C(C)=C5CCC(=O)OCCO)c(CCC#COCCO)c4C)[C@@]1(C)C3=CC=C(C(=O)OC)[C@H]1C(=O)OC. The number of esters is 3. The molecule has 302 valence electrons. The van der Waals surface area contributed by atoms with Crippen LogP contribution in [0.4, 0.5) is 0 Å². The number of aromatic nitrogens is 4. The van der Waals surface area contributed by atoms with Crippen molar-refractivity contribution in [2.75, 3.05) is 40.6 Å². The van der Waals surface area contributed by atoms with Crippen LogP contribution in [0.2, 0.25) is 0 Å². The molecule has 3 aromatic rings. The van der Waals surface area contributed by atoms with E-state index in [1.165, 1.54) is 14.2 Å². The highest BCUT2D eigenvalue weighted by Gasteiger charge is 2.53. The molecule has 0 spiro atoms. The van der Waals surface area contributed by atoms with E-state index in [0.29, 0.717) is 47.6 Å². The Balaban J connectivity index is 1.69. The number of aromatic amines is 2. The van der Waals surface area contributed by atoms with Gasteiger partial charge in [-0.25, -0.2) is 9.78 Å². The molecule has 3 aromatic heterocycles. The standard InChI is InChI=1S/C45H48N4O9/c1-8-28-25(2)34-22-39-32-14-12-31(43(53)55-6)42(44(54)56-7)45(32,5)40(49-39)24-35-26(3)29(11-9-10-18-57-19-16-50)37(48-35)23-38-30(13-15-41(52)58-20-17-51)27(4)33(47-38)21-36(28)46-34/h8,12,14,21-24,42,46,48,50-51H,1,9,11,13,15-17,19-20H2,2-7H3/t42-,45+/m0/s1. The van der Waals surface area contributed by atoms with E-state index in [2.05, 4.69) is 28.6 Å². The second kappa shape index (κ2) is 17.5. The van der Waals surface area contributed by atoms with Gasteiger partial charge in [0, 0.05) is 40.5 Å². The number of aliphatic hydroxyl groups is 2. The average molecular weight is 789 g/mol.